The second-order valence-corrected chi connectivity index (χ2v) is 10.5. The number of aromatic nitrogens is 1. The number of ether oxygens (including phenoxy) is 2. The Balaban J connectivity index is 0.00000304. The molecule has 2 aliphatic rings. The van der Waals surface area contributed by atoms with Crippen molar-refractivity contribution in [3.8, 4) is 22.8 Å². The molecule has 0 saturated heterocycles. The Morgan fingerprint density at radius 2 is 1.86 bits per heavy atom. The molecule has 5 rings (SSSR count). The smallest absolute Gasteiger partial charge is 0.240 e. The highest BCUT2D eigenvalue weighted by atomic mass is 32.2. The summed E-state index contributed by atoms with van der Waals surface area (Å²) in [6.07, 6.45) is 0.681. The average molecular weight is 498 g/mol. The third kappa shape index (κ3) is 4.72. The van der Waals surface area contributed by atoms with Gasteiger partial charge in [0.1, 0.15) is 5.82 Å². The Kier molecular flexibility index (Phi) is 5.96. The number of aliphatic hydroxyl groups excluding tert-OH is 1. The number of amides is 1. The molecule has 0 spiro atoms. The molecule has 9 nitrogen and oxygen atoms in total. The summed E-state index contributed by atoms with van der Waals surface area (Å²) in [6.45, 7) is 1.62. The molecule has 10 heteroatoms. The van der Waals surface area contributed by atoms with E-state index in [9.17, 15) is 18.3 Å². The van der Waals surface area contributed by atoms with Crippen LogP contribution in [0, 0.1) is 0 Å². The van der Waals surface area contributed by atoms with Crippen LogP contribution in [0.3, 0.4) is 0 Å². The molecule has 1 aliphatic carbocycles. The fraction of sp³-hybridized carbons (Fsp3) is 0.280. The monoisotopic (exact) mass is 497 g/mol. The Morgan fingerprint density at radius 3 is 2.57 bits per heavy atom. The molecule has 0 unspecified atom stereocenters. The van der Waals surface area contributed by atoms with Crippen LogP contribution in [0.15, 0.2) is 65.6 Å². The van der Waals surface area contributed by atoms with Crippen LogP contribution < -0.4 is 19.5 Å². The Morgan fingerprint density at radius 1 is 1.11 bits per heavy atom. The van der Waals surface area contributed by atoms with Crippen LogP contribution in [-0.4, -0.2) is 43.9 Å². The number of nitrogens with one attached hydrogen (secondary N) is 2. The molecule has 1 saturated carbocycles. The van der Waals surface area contributed by atoms with Crippen LogP contribution in [0.25, 0.3) is 11.3 Å². The number of nitrogens with zero attached hydrogens (tertiary/aromatic N) is 1. The van der Waals surface area contributed by atoms with Crippen molar-refractivity contribution in [3.63, 3.8) is 0 Å². The van der Waals surface area contributed by atoms with E-state index in [4.69, 9.17) is 9.47 Å². The topological polar surface area (TPSA) is 127 Å². The number of fused-ring (bicyclic) bond motifs is 1. The predicted molar refractivity (Wildman–Crippen MR) is 131 cm³/mol. The standard InChI is InChI=1S/C25H25N3O6S.H2/c1-16(29)14-26-35(31,32)19-8-5-17(6-9-19)20-3-2-4-23(27-20)28-24(30)25(11-12-25)18-7-10-21-22(13-18)34-15-33-21;/h2-10,13,16,26,29H,11-12,14-15H2,1H3,(H,27,28,30);1H/t16-;/m1./s1. The maximum absolute atomic E-state index is 13.2. The molecule has 1 amide bonds. The first-order chi connectivity index (χ1) is 16.8. The molecule has 1 fully saturated rings. The van der Waals surface area contributed by atoms with Gasteiger partial charge in [0.25, 0.3) is 0 Å². The van der Waals surface area contributed by atoms with E-state index in [1.54, 1.807) is 30.3 Å². The van der Waals surface area contributed by atoms with Crippen LogP contribution in [-0.2, 0) is 20.2 Å². The highest BCUT2D eigenvalue weighted by molar-refractivity contribution is 7.89. The summed E-state index contributed by atoms with van der Waals surface area (Å²) in [5.74, 6) is 1.60. The first kappa shape index (κ1) is 23.3. The minimum atomic E-state index is -3.72. The van der Waals surface area contributed by atoms with Gasteiger partial charge >= 0.3 is 0 Å². The van der Waals surface area contributed by atoms with Crippen molar-refractivity contribution in [1.82, 2.24) is 9.71 Å². The van der Waals surface area contributed by atoms with Crippen molar-refractivity contribution < 1.29 is 29.2 Å². The maximum Gasteiger partial charge on any atom is 0.240 e. The van der Waals surface area contributed by atoms with E-state index >= 15 is 0 Å². The zero-order valence-electron chi connectivity index (χ0n) is 19.0. The van der Waals surface area contributed by atoms with Gasteiger partial charge in [-0.1, -0.05) is 24.3 Å². The summed E-state index contributed by atoms with van der Waals surface area (Å²) in [5, 5.41) is 12.3. The molecule has 1 aliphatic heterocycles. The summed E-state index contributed by atoms with van der Waals surface area (Å²) in [4.78, 5) is 17.8. The molecule has 2 aromatic carbocycles. The summed E-state index contributed by atoms with van der Waals surface area (Å²) in [6, 6.07) is 17.1. The summed E-state index contributed by atoms with van der Waals surface area (Å²) >= 11 is 0. The number of pyridine rings is 1. The number of hydrogen-bond acceptors (Lipinski definition) is 7. The van der Waals surface area contributed by atoms with E-state index in [1.807, 2.05) is 18.2 Å². The highest BCUT2D eigenvalue weighted by Crippen LogP contribution is 2.51. The lowest BCUT2D eigenvalue weighted by Crippen LogP contribution is -2.30. The number of aliphatic hydroxyl groups is 1. The molecule has 0 bridgehead atoms. The van der Waals surface area contributed by atoms with E-state index in [1.165, 1.54) is 19.1 Å². The van der Waals surface area contributed by atoms with Crippen LogP contribution >= 0.6 is 0 Å². The minimum Gasteiger partial charge on any atom is -0.454 e. The van der Waals surface area contributed by atoms with Crippen LogP contribution in [0.2, 0.25) is 0 Å². The highest BCUT2D eigenvalue weighted by Gasteiger charge is 2.51. The Hall–Kier alpha value is -3.47. The lowest BCUT2D eigenvalue weighted by molar-refractivity contribution is -0.118. The third-order valence-corrected chi connectivity index (χ3v) is 7.57. The van der Waals surface area contributed by atoms with Gasteiger partial charge in [-0.3, -0.25) is 4.79 Å². The third-order valence-electron chi connectivity index (χ3n) is 6.13. The van der Waals surface area contributed by atoms with E-state index in [2.05, 4.69) is 15.0 Å². The second kappa shape index (κ2) is 8.95. The SMILES string of the molecule is C[C@@H](O)CNS(=O)(=O)c1ccc(-c2cccc(NC(=O)C3(c4ccc5c(c4)OCO5)CC3)n2)cc1.[HH]. The van der Waals surface area contributed by atoms with Gasteiger partial charge in [-0.05, 0) is 61.7 Å². The van der Waals surface area contributed by atoms with Crippen molar-refractivity contribution in [3.05, 3.63) is 66.2 Å². The van der Waals surface area contributed by atoms with Crippen molar-refractivity contribution in [1.29, 1.82) is 0 Å². The quantitative estimate of drug-likeness (QED) is 0.437. The van der Waals surface area contributed by atoms with Crippen molar-refractivity contribution in [2.45, 2.75) is 36.2 Å². The van der Waals surface area contributed by atoms with Crippen LogP contribution in [0.5, 0.6) is 11.5 Å². The zero-order chi connectivity index (χ0) is 24.6. The number of anilines is 1. The summed E-state index contributed by atoms with van der Waals surface area (Å²) in [7, 11) is -3.72. The molecule has 35 heavy (non-hydrogen) atoms. The van der Waals surface area contributed by atoms with Crippen LogP contribution in [0.1, 0.15) is 26.8 Å². The maximum atomic E-state index is 13.2. The van der Waals surface area contributed by atoms with E-state index in [0.717, 1.165) is 18.4 Å². The van der Waals surface area contributed by atoms with Gasteiger partial charge in [-0.15, -0.1) is 0 Å². The molecular formula is C25H27N3O6S. The van der Waals surface area contributed by atoms with Gasteiger partial charge in [-0.25, -0.2) is 18.1 Å². The Labute approximate surface area is 204 Å². The first-order valence-corrected chi connectivity index (χ1v) is 12.7. The fourth-order valence-electron chi connectivity index (χ4n) is 3.99. The molecule has 0 radical (unpaired) electrons. The van der Waals surface area contributed by atoms with Gasteiger partial charge in [0, 0.05) is 13.5 Å². The normalized spacial score (nSPS) is 16.5. The zero-order valence-corrected chi connectivity index (χ0v) is 19.8. The summed E-state index contributed by atoms with van der Waals surface area (Å²) in [5.41, 5.74) is 1.56. The number of sulfonamides is 1. The first-order valence-electron chi connectivity index (χ1n) is 11.2. The lowest BCUT2D eigenvalue weighted by Gasteiger charge is -2.16. The Bertz CT molecular complexity index is 1370. The van der Waals surface area contributed by atoms with E-state index in [-0.39, 0.29) is 25.6 Å². The molecular weight excluding hydrogens is 470 g/mol. The lowest BCUT2D eigenvalue weighted by atomic mass is 9.94. The largest absolute Gasteiger partial charge is 0.454 e. The minimum absolute atomic E-state index is 0. The molecule has 184 valence electrons. The average Bonchev–Trinajstić information content (AvgIpc) is 3.54. The van der Waals surface area contributed by atoms with Gasteiger partial charge < -0.3 is 19.9 Å². The molecule has 3 N–H and O–H groups in total. The number of hydrogen-bond donors (Lipinski definition) is 3. The molecule has 1 aromatic heterocycles. The van der Waals surface area contributed by atoms with Gasteiger partial charge in [-0.2, -0.15) is 0 Å². The molecule has 2 heterocycles. The van der Waals surface area contributed by atoms with Gasteiger partial charge in [0.15, 0.2) is 11.5 Å². The molecule has 3 aromatic rings. The number of benzene rings is 2. The van der Waals surface area contributed by atoms with Crippen LogP contribution in [0.4, 0.5) is 5.82 Å². The number of rotatable bonds is 8. The molecule has 1 atom stereocenters. The van der Waals surface area contributed by atoms with Crippen molar-refractivity contribution in [2.24, 2.45) is 0 Å². The predicted octanol–water partition coefficient (Wildman–Crippen LogP) is 3.05. The van der Waals surface area contributed by atoms with E-state index < -0.39 is 21.5 Å². The van der Waals surface area contributed by atoms with Gasteiger partial charge in [0.05, 0.1) is 22.1 Å². The fourth-order valence-corrected chi connectivity index (χ4v) is 5.11. The van der Waals surface area contributed by atoms with Gasteiger partial charge in [0.2, 0.25) is 22.7 Å². The van der Waals surface area contributed by atoms with Crippen molar-refractivity contribution in [2.75, 3.05) is 18.7 Å². The van der Waals surface area contributed by atoms with Crippen molar-refractivity contribution >= 4 is 21.7 Å². The van der Waals surface area contributed by atoms with E-state index in [0.29, 0.717) is 28.6 Å². The summed E-state index contributed by atoms with van der Waals surface area (Å²) < 4.78 is 37.9. The second-order valence-electron chi connectivity index (χ2n) is 8.74. The number of carbonyl (C=O) groups is 1. The number of carbonyl (C=O) groups excluding carboxylic acids is 1.